The zero-order valence-electron chi connectivity index (χ0n) is 10.1. The topological polar surface area (TPSA) is 102 Å². The van der Waals surface area contributed by atoms with Crippen LogP contribution in [0.5, 0.6) is 0 Å². The fourth-order valence-corrected chi connectivity index (χ4v) is 1.43. The Morgan fingerprint density at radius 3 is 2.89 bits per heavy atom. The molecule has 0 bridgehead atoms. The average Bonchev–Trinajstić information content (AvgIpc) is 2.87. The van der Waals surface area contributed by atoms with Crippen LogP contribution < -0.4 is 5.32 Å². The summed E-state index contributed by atoms with van der Waals surface area (Å²) in [5, 5.41) is 22.7. The summed E-state index contributed by atoms with van der Waals surface area (Å²) in [6.45, 7) is 0.361. The van der Waals surface area contributed by atoms with E-state index in [1.54, 1.807) is 4.68 Å². The maximum atomic E-state index is 10.2. The van der Waals surface area contributed by atoms with Crippen LogP contribution in [-0.2, 0) is 9.53 Å². The lowest BCUT2D eigenvalue weighted by atomic mass is 10.3. The van der Waals surface area contributed by atoms with Crippen LogP contribution in [0.1, 0.15) is 0 Å². The van der Waals surface area contributed by atoms with Crippen molar-refractivity contribution in [1.29, 1.82) is 0 Å². The van der Waals surface area contributed by atoms with Gasteiger partial charge in [0.2, 0.25) is 5.95 Å². The van der Waals surface area contributed by atoms with E-state index in [1.165, 1.54) is 0 Å². The number of carbonyl (C=O) groups is 1. The van der Waals surface area contributed by atoms with E-state index in [9.17, 15) is 4.79 Å². The van der Waals surface area contributed by atoms with Crippen molar-refractivity contribution in [3.63, 3.8) is 0 Å². The highest BCUT2D eigenvalue weighted by atomic mass is 16.5. The first-order valence-electron chi connectivity index (χ1n) is 5.64. The number of tetrazole rings is 1. The minimum Gasteiger partial charge on any atom is -0.480 e. The summed E-state index contributed by atoms with van der Waals surface area (Å²) < 4.78 is 6.45. The number of benzene rings is 1. The number of aliphatic carboxylic acids is 1. The number of carboxylic acid groups (broad SMARTS) is 1. The summed E-state index contributed by atoms with van der Waals surface area (Å²) in [6.07, 6.45) is 0. The van der Waals surface area contributed by atoms with Crippen LogP contribution in [0.4, 0.5) is 5.95 Å². The minimum atomic E-state index is -0.992. The van der Waals surface area contributed by atoms with E-state index in [4.69, 9.17) is 9.84 Å². The maximum Gasteiger partial charge on any atom is 0.329 e. The first kappa shape index (κ1) is 13.0. The lowest BCUT2D eigenvalue weighted by Gasteiger charge is -2.06. The van der Waals surface area contributed by atoms with Gasteiger partial charge in [0.05, 0.1) is 12.3 Å². The molecular formula is C11H13N5O3. The molecule has 0 aliphatic rings. The molecule has 0 amide bonds. The lowest BCUT2D eigenvalue weighted by Crippen LogP contribution is -2.16. The van der Waals surface area contributed by atoms with Crippen LogP contribution in [-0.4, -0.2) is 51.0 Å². The van der Waals surface area contributed by atoms with E-state index >= 15 is 0 Å². The van der Waals surface area contributed by atoms with E-state index in [0.29, 0.717) is 12.5 Å². The summed E-state index contributed by atoms with van der Waals surface area (Å²) in [5.41, 5.74) is 0.835. The molecule has 2 N–H and O–H groups in total. The predicted molar refractivity (Wildman–Crippen MR) is 66.1 cm³/mol. The quantitative estimate of drug-likeness (QED) is 0.687. The minimum absolute atomic E-state index is 0.258. The maximum absolute atomic E-state index is 10.2. The molecule has 8 nitrogen and oxygen atoms in total. The number of nitrogens with one attached hydrogen (secondary N) is 1. The predicted octanol–water partition coefficient (Wildman–Crippen LogP) is 0.175. The molecule has 0 fully saturated rings. The zero-order valence-corrected chi connectivity index (χ0v) is 10.1. The fourth-order valence-electron chi connectivity index (χ4n) is 1.43. The molecule has 100 valence electrons. The Labute approximate surface area is 109 Å². The standard InChI is InChI=1S/C11H13N5O3/c17-10(18)8-19-7-6-12-11-13-14-15-16(11)9-4-2-1-3-5-9/h1-5H,6-8H2,(H,17,18)(H,12,13,15). The number of ether oxygens (including phenoxy) is 1. The lowest BCUT2D eigenvalue weighted by molar-refractivity contribution is -0.142. The molecule has 1 aromatic heterocycles. The van der Waals surface area contributed by atoms with Crippen LogP contribution in [0.2, 0.25) is 0 Å². The molecule has 0 aliphatic carbocycles. The van der Waals surface area contributed by atoms with Crippen molar-refractivity contribution >= 4 is 11.9 Å². The van der Waals surface area contributed by atoms with E-state index in [1.807, 2.05) is 30.3 Å². The van der Waals surface area contributed by atoms with Gasteiger partial charge in [-0.3, -0.25) is 0 Å². The zero-order chi connectivity index (χ0) is 13.5. The van der Waals surface area contributed by atoms with Gasteiger partial charge in [-0.05, 0) is 22.6 Å². The third kappa shape index (κ3) is 3.75. The van der Waals surface area contributed by atoms with E-state index < -0.39 is 5.97 Å². The van der Waals surface area contributed by atoms with Gasteiger partial charge in [-0.25, -0.2) is 4.79 Å². The Morgan fingerprint density at radius 1 is 1.37 bits per heavy atom. The molecule has 8 heteroatoms. The second-order valence-electron chi connectivity index (χ2n) is 3.62. The number of nitrogens with zero attached hydrogens (tertiary/aromatic N) is 4. The first-order valence-corrected chi connectivity index (χ1v) is 5.64. The van der Waals surface area contributed by atoms with Gasteiger partial charge in [0.1, 0.15) is 6.61 Å². The highest BCUT2D eigenvalue weighted by molar-refractivity contribution is 5.67. The van der Waals surface area contributed by atoms with Crippen LogP contribution in [0.15, 0.2) is 30.3 Å². The summed E-state index contributed by atoms with van der Waals surface area (Å²) in [5.74, 6) is -0.515. The average molecular weight is 263 g/mol. The van der Waals surface area contributed by atoms with Gasteiger partial charge in [0.25, 0.3) is 0 Å². The van der Waals surface area contributed by atoms with Crippen molar-refractivity contribution in [2.24, 2.45) is 0 Å². The van der Waals surface area contributed by atoms with Crippen LogP contribution in [0.3, 0.4) is 0 Å². The summed E-state index contributed by atoms with van der Waals surface area (Å²) >= 11 is 0. The second-order valence-corrected chi connectivity index (χ2v) is 3.62. The van der Waals surface area contributed by atoms with Gasteiger partial charge in [-0.1, -0.05) is 23.3 Å². The highest BCUT2D eigenvalue weighted by Crippen LogP contribution is 2.09. The molecule has 0 atom stereocenters. The van der Waals surface area contributed by atoms with Gasteiger partial charge in [0.15, 0.2) is 0 Å². The Hall–Kier alpha value is -2.48. The van der Waals surface area contributed by atoms with Crippen molar-refractivity contribution in [3.8, 4) is 5.69 Å². The number of para-hydroxylation sites is 1. The molecule has 0 saturated carbocycles. The van der Waals surface area contributed by atoms with E-state index in [0.717, 1.165) is 5.69 Å². The fraction of sp³-hybridized carbons (Fsp3) is 0.273. The van der Waals surface area contributed by atoms with Crippen molar-refractivity contribution in [1.82, 2.24) is 20.2 Å². The van der Waals surface area contributed by atoms with E-state index in [-0.39, 0.29) is 13.2 Å². The SMILES string of the molecule is O=C(O)COCCNc1nnnn1-c1ccccc1. The molecular weight excluding hydrogens is 250 g/mol. The Kier molecular flexibility index (Phi) is 4.40. The molecule has 1 heterocycles. The van der Waals surface area contributed by atoms with Gasteiger partial charge >= 0.3 is 5.97 Å². The van der Waals surface area contributed by atoms with Gasteiger partial charge in [-0.2, -0.15) is 4.68 Å². The van der Waals surface area contributed by atoms with Crippen molar-refractivity contribution < 1.29 is 14.6 Å². The smallest absolute Gasteiger partial charge is 0.329 e. The van der Waals surface area contributed by atoms with Crippen LogP contribution in [0.25, 0.3) is 5.69 Å². The molecule has 19 heavy (non-hydrogen) atoms. The van der Waals surface area contributed by atoms with Crippen LogP contribution in [0, 0.1) is 0 Å². The highest BCUT2D eigenvalue weighted by Gasteiger charge is 2.06. The molecule has 0 unspecified atom stereocenters. The Bertz CT molecular complexity index is 528. The normalized spacial score (nSPS) is 10.3. The number of carboxylic acids is 1. The Morgan fingerprint density at radius 2 is 2.16 bits per heavy atom. The summed E-state index contributed by atoms with van der Waals surface area (Å²) in [6, 6.07) is 9.43. The Balaban J connectivity index is 1.88. The largest absolute Gasteiger partial charge is 0.480 e. The van der Waals surface area contributed by atoms with Gasteiger partial charge in [0, 0.05) is 6.54 Å². The molecule has 2 rings (SSSR count). The number of anilines is 1. The molecule has 0 aliphatic heterocycles. The second kappa shape index (κ2) is 6.45. The van der Waals surface area contributed by atoms with Crippen molar-refractivity contribution in [2.75, 3.05) is 25.1 Å². The molecule has 0 spiro atoms. The molecule has 1 aromatic carbocycles. The summed E-state index contributed by atoms with van der Waals surface area (Å²) in [7, 11) is 0. The first-order chi connectivity index (χ1) is 9.27. The number of hydrogen-bond acceptors (Lipinski definition) is 6. The molecule has 2 aromatic rings. The number of aromatic nitrogens is 4. The monoisotopic (exact) mass is 263 g/mol. The third-order valence-corrected chi connectivity index (χ3v) is 2.23. The summed E-state index contributed by atoms with van der Waals surface area (Å²) in [4.78, 5) is 10.2. The van der Waals surface area contributed by atoms with Crippen molar-refractivity contribution in [3.05, 3.63) is 30.3 Å². The molecule has 0 saturated heterocycles. The number of hydrogen-bond donors (Lipinski definition) is 2. The molecule has 0 radical (unpaired) electrons. The third-order valence-electron chi connectivity index (χ3n) is 2.23. The number of rotatable bonds is 7. The van der Waals surface area contributed by atoms with Crippen molar-refractivity contribution in [2.45, 2.75) is 0 Å². The van der Waals surface area contributed by atoms with Gasteiger partial charge in [-0.15, -0.1) is 0 Å². The van der Waals surface area contributed by atoms with Gasteiger partial charge < -0.3 is 15.2 Å². The van der Waals surface area contributed by atoms with Crippen LogP contribution >= 0.6 is 0 Å². The van der Waals surface area contributed by atoms with E-state index in [2.05, 4.69) is 20.8 Å².